The van der Waals surface area contributed by atoms with Crippen LogP contribution in [0.4, 0.5) is 0 Å². The molecular formula is C29H35N5O4S. The molecule has 1 aliphatic rings. The monoisotopic (exact) mass is 549 g/mol. The summed E-state index contributed by atoms with van der Waals surface area (Å²) in [7, 11) is -3.84. The van der Waals surface area contributed by atoms with E-state index >= 15 is 0 Å². The Morgan fingerprint density at radius 1 is 1.10 bits per heavy atom. The highest BCUT2D eigenvalue weighted by atomic mass is 32.2. The van der Waals surface area contributed by atoms with Gasteiger partial charge >= 0.3 is 0 Å². The highest BCUT2D eigenvalue weighted by Gasteiger charge is 2.27. The lowest BCUT2D eigenvalue weighted by Crippen LogP contribution is -2.33. The number of ether oxygens (including phenoxy) is 1. The lowest BCUT2D eigenvalue weighted by atomic mass is 9.87. The number of rotatable bonds is 8. The third-order valence-electron chi connectivity index (χ3n) is 7.13. The van der Waals surface area contributed by atoms with E-state index in [1.807, 2.05) is 32.0 Å². The maximum Gasteiger partial charge on any atom is 0.244 e. The van der Waals surface area contributed by atoms with Crippen molar-refractivity contribution in [2.75, 3.05) is 0 Å². The molecule has 206 valence electrons. The Bertz CT molecular complexity index is 1560. The Balaban J connectivity index is 1.42. The Hall–Kier alpha value is -3.50. The van der Waals surface area contributed by atoms with Gasteiger partial charge in [0.15, 0.2) is 0 Å². The molecule has 4 aromatic rings. The molecule has 1 N–H and O–H groups in total. The normalized spacial score (nSPS) is 14.7. The third-order valence-corrected chi connectivity index (χ3v) is 8.67. The predicted molar refractivity (Wildman–Crippen MR) is 148 cm³/mol. The van der Waals surface area contributed by atoms with Crippen LogP contribution in [0.1, 0.15) is 69.2 Å². The van der Waals surface area contributed by atoms with E-state index in [4.69, 9.17) is 9.26 Å². The van der Waals surface area contributed by atoms with Gasteiger partial charge in [0.25, 0.3) is 0 Å². The van der Waals surface area contributed by atoms with E-state index in [2.05, 4.69) is 53.1 Å². The van der Waals surface area contributed by atoms with Crippen molar-refractivity contribution < 1.29 is 17.7 Å². The molecule has 0 aliphatic heterocycles. The van der Waals surface area contributed by atoms with Crippen LogP contribution in [-0.2, 0) is 22.0 Å². The molecule has 0 radical (unpaired) electrons. The van der Waals surface area contributed by atoms with Crippen molar-refractivity contribution in [3.05, 3.63) is 71.4 Å². The fraction of sp³-hybridized carbons (Fsp3) is 0.414. The summed E-state index contributed by atoms with van der Waals surface area (Å²) in [5.74, 6) is 0.876. The third kappa shape index (κ3) is 5.91. The van der Waals surface area contributed by atoms with Gasteiger partial charge in [0.05, 0.1) is 17.6 Å². The van der Waals surface area contributed by atoms with Crippen molar-refractivity contribution in [3.8, 4) is 22.6 Å². The molecule has 0 atom stereocenters. The minimum absolute atomic E-state index is 0.00667. The summed E-state index contributed by atoms with van der Waals surface area (Å²) in [6.45, 7) is 10.2. The van der Waals surface area contributed by atoms with Crippen LogP contribution < -0.4 is 9.46 Å². The van der Waals surface area contributed by atoms with Gasteiger partial charge in [0, 0.05) is 11.6 Å². The maximum absolute atomic E-state index is 13.6. The molecule has 10 heteroatoms. The van der Waals surface area contributed by atoms with Gasteiger partial charge in [-0.1, -0.05) is 62.2 Å². The number of sulfonamides is 1. The van der Waals surface area contributed by atoms with E-state index in [1.165, 1.54) is 5.56 Å². The minimum Gasteiger partial charge on any atom is -0.486 e. The highest BCUT2D eigenvalue weighted by Crippen LogP contribution is 2.34. The summed E-state index contributed by atoms with van der Waals surface area (Å²) < 4.78 is 43.1. The van der Waals surface area contributed by atoms with Crippen LogP contribution in [0.3, 0.4) is 0 Å². The average Bonchev–Trinajstić information content (AvgIpc) is 3.64. The SMILES string of the molecule is Cc1noc(C)c1-c1ccc(OCc2cn(-c3cccc(C(C)(C)C)c3)nn2)c(S(=O)(=O)NC2CCCC2)c1. The number of nitrogens with one attached hydrogen (secondary N) is 1. The molecule has 1 saturated carbocycles. The van der Waals surface area contributed by atoms with Gasteiger partial charge < -0.3 is 9.26 Å². The molecule has 2 heterocycles. The molecule has 9 nitrogen and oxygen atoms in total. The fourth-order valence-electron chi connectivity index (χ4n) is 4.97. The molecule has 0 saturated heterocycles. The van der Waals surface area contributed by atoms with Gasteiger partial charge in [-0.3, -0.25) is 0 Å². The number of benzene rings is 2. The van der Waals surface area contributed by atoms with Gasteiger partial charge in [0.2, 0.25) is 10.0 Å². The summed E-state index contributed by atoms with van der Waals surface area (Å²) in [5.41, 5.74) is 4.85. The molecule has 2 aromatic heterocycles. The van der Waals surface area contributed by atoms with Crippen molar-refractivity contribution in [2.45, 2.75) is 83.3 Å². The van der Waals surface area contributed by atoms with Crippen LogP contribution in [-0.4, -0.2) is 34.6 Å². The molecule has 2 aromatic carbocycles. The second kappa shape index (κ2) is 10.6. The predicted octanol–water partition coefficient (Wildman–Crippen LogP) is 5.64. The Morgan fingerprint density at radius 3 is 2.56 bits per heavy atom. The van der Waals surface area contributed by atoms with Crippen LogP contribution in [0.15, 0.2) is 58.1 Å². The molecule has 5 rings (SSSR count). The highest BCUT2D eigenvalue weighted by molar-refractivity contribution is 7.89. The van der Waals surface area contributed by atoms with E-state index in [1.54, 1.807) is 23.0 Å². The van der Waals surface area contributed by atoms with E-state index in [0.29, 0.717) is 22.7 Å². The van der Waals surface area contributed by atoms with Crippen molar-refractivity contribution in [1.29, 1.82) is 0 Å². The van der Waals surface area contributed by atoms with Crippen LogP contribution in [0, 0.1) is 13.8 Å². The first-order chi connectivity index (χ1) is 18.5. The summed E-state index contributed by atoms with van der Waals surface area (Å²) in [4.78, 5) is 0.0807. The zero-order chi connectivity index (χ0) is 27.8. The molecular weight excluding hydrogens is 514 g/mol. The average molecular weight is 550 g/mol. The first-order valence-electron chi connectivity index (χ1n) is 13.3. The van der Waals surface area contributed by atoms with Crippen LogP contribution >= 0.6 is 0 Å². The van der Waals surface area contributed by atoms with E-state index < -0.39 is 10.0 Å². The second-order valence-corrected chi connectivity index (χ2v) is 12.9. The molecule has 0 unspecified atom stereocenters. The van der Waals surface area contributed by atoms with E-state index in [-0.39, 0.29) is 28.7 Å². The number of nitrogens with zero attached hydrogens (tertiary/aromatic N) is 4. The van der Waals surface area contributed by atoms with Crippen molar-refractivity contribution in [1.82, 2.24) is 24.9 Å². The smallest absolute Gasteiger partial charge is 0.244 e. The largest absolute Gasteiger partial charge is 0.486 e. The standard InChI is InChI=1S/C29H35N5O4S/c1-19-28(20(2)38-31-19)21-13-14-26(27(15-21)39(35,36)32-23-10-6-7-11-23)37-18-24-17-34(33-30-24)25-12-8-9-22(16-25)29(3,4)5/h8-9,12-17,23,32H,6-7,10-11,18H2,1-5H3. The lowest BCUT2D eigenvalue weighted by molar-refractivity contribution is 0.293. The van der Waals surface area contributed by atoms with Crippen LogP contribution in [0.2, 0.25) is 0 Å². The summed E-state index contributed by atoms with van der Waals surface area (Å²) in [6, 6.07) is 13.2. The molecule has 0 amide bonds. The summed E-state index contributed by atoms with van der Waals surface area (Å²) in [5, 5.41) is 12.5. The molecule has 0 spiro atoms. The minimum atomic E-state index is -3.84. The number of hydrogen-bond donors (Lipinski definition) is 1. The van der Waals surface area contributed by atoms with E-state index in [0.717, 1.165) is 36.9 Å². The number of aromatic nitrogens is 4. The lowest BCUT2D eigenvalue weighted by Gasteiger charge is -2.19. The zero-order valence-corrected chi connectivity index (χ0v) is 23.9. The maximum atomic E-state index is 13.6. The van der Waals surface area contributed by atoms with Gasteiger partial charge in [-0.15, -0.1) is 5.10 Å². The van der Waals surface area contributed by atoms with Crippen LogP contribution in [0.25, 0.3) is 16.8 Å². The van der Waals surface area contributed by atoms with Crippen LogP contribution in [0.5, 0.6) is 5.75 Å². The van der Waals surface area contributed by atoms with Gasteiger partial charge in [-0.2, -0.15) is 0 Å². The Kier molecular flexibility index (Phi) is 7.35. The van der Waals surface area contributed by atoms with Crippen molar-refractivity contribution in [3.63, 3.8) is 0 Å². The first-order valence-corrected chi connectivity index (χ1v) is 14.7. The molecule has 1 aliphatic carbocycles. The Morgan fingerprint density at radius 2 is 1.87 bits per heavy atom. The summed E-state index contributed by atoms with van der Waals surface area (Å²) >= 11 is 0. The number of aryl methyl sites for hydroxylation is 2. The summed E-state index contributed by atoms with van der Waals surface area (Å²) in [6.07, 6.45) is 5.50. The fourth-order valence-corrected chi connectivity index (χ4v) is 6.45. The van der Waals surface area contributed by atoms with E-state index in [9.17, 15) is 8.42 Å². The van der Waals surface area contributed by atoms with Crippen molar-refractivity contribution >= 4 is 10.0 Å². The van der Waals surface area contributed by atoms with Gasteiger partial charge in [-0.25, -0.2) is 17.8 Å². The second-order valence-electron chi connectivity index (χ2n) is 11.2. The van der Waals surface area contributed by atoms with Crippen molar-refractivity contribution in [2.24, 2.45) is 0 Å². The molecule has 39 heavy (non-hydrogen) atoms. The number of hydrogen-bond acceptors (Lipinski definition) is 7. The topological polar surface area (TPSA) is 112 Å². The zero-order valence-electron chi connectivity index (χ0n) is 23.1. The Labute approximate surface area is 229 Å². The molecule has 1 fully saturated rings. The molecule has 0 bridgehead atoms. The first kappa shape index (κ1) is 27.1. The van der Waals surface area contributed by atoms with Gasteiger partial charge in [-0.05, 0) is 67.5 Å². The quantitative estimate of drug-likeness (QED) is 0.303. The van der Waals surface area contributed by atoms with Gasteiger partial charge in [0.1, 0.15) is 28.7 Å².